The second kappa shape index (κ2) is 6.19. The molecule has 0 aliphatic rings. The Hall–Kier alpha value is -1.36. The van der Waals surface area contributed by atoms with Crippen LogP contribution in [-0.4, -0.2) is 36.3 Å². The van der Waals surface area contributed by atoms with Crippen LogP contribution in [-0.2, 0) is 4.74 Å². The predicted molar refractivity (Wildman–Crippen MR) is 58.2 cm³/mol. The Balaban J connectivity index is 2.56. The highest BCUT2D eigenvalue weighted by Gasteiger charge is 2.05. The molecule has 0 spiro atoms. The molecule has 0 radical (unpaired) electrons. The first-order chi connectivity index (χ1) is 7.26. The maximum Gasteiger partial charge on any atom is 0.218 e. The van der Waals surface area contributed by atoms with E-state index in [4.69, 9.17) is 9.47 Å². The zero-order chi connectivity index (χ0) is 11.1. The van der Waals surface area contributed by atoms with E-state index in [-0.39, 0.29) is 6.10 Å². The van der Waals surface area contributed by atoms with Gasteiger partial charge in [0.1, 0.15) is 18.2 Å². The SMILES string of the molecule is CCNc1cc(OC(C)COC)ncn1. The molecule has 1 atom stereocenters. The lowest BCUT2D eigenvalue weighted by Crippen LogP contribution is -2.18. The van der Waals surface area contributed by atoms with Crippen LogP contribution in [0, 0.1) is 0 Å². The molecular weight excluding hydrogens is 194 g/mol. The summed E-state index contributed by atoms with van der Waals surface area (Å²) in [5, 5.41) is 3.09. The second-order valence-corrected chi connectivity index (χ2v) is 3.16. The van der Waals surface area contributed by atoms with Gasteiger partial charge in [0, 0.05) is 19.7 Å². The van der Waals surface area contributed by atoms with E-state index < -0.39 is 0 Å². The molecule has 0 aromatic carbocycles. The lowest BCUT2D eigenvalue weighted by molar-refractivity contribution is 0.0889. The van der Waals surface area contributed by atoms with Crippen molar-refractivity contribution in [2.75, 3.05) is 25.6 Å². The molecule has 1 heterocycles. The quantitative estimate of drug-likeness (QED) is 0.769. The highest BCUT2D eigenvalue weighted by atomic mass is 16.5. The normalized spacial score (nSPS) is 12.2. The number of nitrogens with one attached hydrogen (secondary N) is 1. The molecule has 84 valence electrons. The molecule has 5 heteroatoms. The maximum absolute atomic E-state index is 5.53. The van der Waals surface area contributed by atoms with Gasteiger partial charge in [0.25, 0.3) is 0 Å². The molecule has 1 rings (SSSR count). The summed E-state index contributed by atoms with van der Waals surface area (Å²) in [6.45, 7) is 5.30. The molecule has 1 aromatic rings. The molecule has 15 heavy (non-hydrogen) atoms. The summed E-state index contributed by atoms with van der Waals surface area (Å²) >= 11 is 0. The van der Waals surface area contributed by atoms with Crippen molar-refractivity contribution >= 4 is 5.82 Å². The number of hydrogen-bond acceptors (Lipinski definition) is 5. The van der Waals surface area contributed by atoms with E-state index in [1.165, 1.54) is 6.33 Å². The number of ether oxygens (including phenoxy) is 2. The minimum Gasteiger partial charge on any atom is -0.472 e. The maximum atomic E-state index is 5.53. The molecule has 0 aliphatic carbocycles. The van der Waals surface area contributed by atoms with Gasteiger partial charge < -0.3 is 14.8 Å². The highest BCUT2D eigenvalue weighted by Crippen LogP contribution is 2.12. The van der Waals surface area contributed by atoms with Crippen molar-refractivity contribution in [2.24, 2.45) is 0 Å². The number of aromatic nitrogens is 2. The Labute approximate surface area is 89.8 Å². The third kappa shape index (κ3) is 4.12. The van der Waals surface area contributed by atoms with E-state index in [1.54, 1.807) is 13.2 Å². The Kier molecular flexibility index (Phi) is 4.83. The van der Waals surface area contributed by atoms with Gasteiger partial charge in [-0.05, 0) is 13.8 Å². The highest BCUT2D eigenvalue weighted by molar-refractivity contribution is 5.36. The van der Waals surface area contributed by atoms with E-state index >= 15 is 0 Å². The number of hydrogen-bond donors (Lipinski definition) is 1. The second-order valence-electron chi connectivity index (χ2n) is 3.16. The number of nitrogens with zero attached hydrogens (tertiary/aromatic N) is 2. The topological polar surface area (TPSA) is 56.3 Å². The summed E-state index contributed by atoms with van der Waals surface area (Å²) in [4.78, 5) is 8.06. The molecule has 0 saturated heterocycles. The van der Waals surface area contributed by atoms with Gasteiger partial charge in [-0.15, -0.1) is 0 Å². The number of rotatable bonds is 6. The van der Waals surface area contributed by atoms with Crippen LogP contribution in [0.3, 0.4) is 0 Å². The monoisotopic (exact) mass is 211 g/mol. The first-order valence-electron chi connectivity index (χ1n) is 4.97. The van der Waals surface area contributed by atoms with Crippen molar-refractivity contribution < 1.29 is 9.47 Å². The molecule has 0 saturated carbocycles. The van der Waals surface area contributed by atoms with E-state index in [2.05, 4.69) is 15.3 Å². The average molecular weight is 211 g/mol. The fraction of sp³-hybridized carbons (Fsp3) is 0.600. The molecular formula is C10H17N3O2. The van der Waals surface area contributed by atoms with Crippen molar-refractivity contribution in [1.82, 2.24) is 9.97 Å². The molecule has 0 aliphatic heterocycles. The number of methoxy groups -OCH3 is 1. The van der Waals surface area contributed by atoms with Crippen molar-refractivity contribution in [2.45, 2.75) is 20.0 Å². The molecule has 0 bridgehead atoms. The summed E-state index contributed by atoms with van der Waals surface area (Å²) < 4.78 is 10.5. The van der Waals surface area contributed by atoms with Crippen molar-refractivity contribution in [1.29, 1.82) is 0 Å². The molecule has 1 aromatic heterocycles. The van der Waals surface area contributed by atoms with Gasteiger partial charge in [0.2, 0.25) is 5.88 Å². The zero-order valence-electron chi connectivity index (χ0n) is 9.36. The molecule has 1 N–H and O–H groups in total. The third-order valence-electron chi connectivity index (χ3n) is 1.72. The van der Waals surface area contributed by atoms with E-state index in [1.807, 2.05) is 13.8 Å². The van der Waals surface area contributed by atoms with Crippen LogP contribution in [0.1, 0.15) is 13.8 Å². The van der Waals surface area contributed by atoms with Crippen LogP contribution in [0.15, 0.2) is 12.4 Å². The van der Waals surface area contributed by atoms with Crippen LogP contribution >= 0.6 is 0 Å². The van der Waals surface area contributed by atoms with Gasteiger partial charge in [-0.3, -0.25) is 0 Å². The van der Waals surface area contributed by atoms with Crippen molar-refractivity contribution in [3.05, 3.63) is 12.4 Å². The Morgan fingerprint density at radius 3 is 2.93 bits per heavy atom. The van der Waals surface area contributed by atoms with Crippen molar-refractivity contribution in [3.8, 4) is 5.88 Å². The molecule has 0 amide bonds. The van der Waals surface area contributed by atoms with E-state index in [0.717, 1.165) is 12.4 Å². The van der Waals surface area contributed by atoms with E-state index in [9.17, 15) is 0 Å². The van der Waals surface area contributed by atoms with Gasteiger partial charge in [-0.2, -0.15) is 0 Å². The van der Waals surface area contributed by atoms with Gasteiger partial charge in [0.15, 0.2) is 0 Å². The van der Waals surface area contributed by atoms with Crippen LogP contribution in [0.2, 0.25) is 0 Å². The van der Waals surface area contributed by atoms with Gasteiger partial charge in [-0.1, -0.05) is 0 Å². The van der Waals surface area contributed by atoms with Crippen molar-refractivity contribution in [3.63, 3.8) is 0 Å². The molecule has 0 fully saturated rings. The smallest absolute Gasteiger partial charge is 0.218 e. The average Bonchev–Trinajstić information content (AvgIpc) is 2.19. The van der Waals surface area contributed by atoms with Gasteiger partial charge in [0.05, 0.1) is 6.61 Å². The fourth-order valence-electron chi connectivity index (χ4n) is 1.16. The lowest BCUT2D eigenvalue weighted by Gasteiger charge is -2.12. The third-order valence-corrected chi connectivity index (χ3v) is 1.72. The summed E-state index contributed by atoms with van der Waals surface area (Å²) in [7, 11) is 1.64. The van der Waals surface area contributed by atoms with Crippen LogP contribution in [0.5, 0.6) is 5.88 Å². The molecule has 5 nitrogen and oxygen atoms in total. The van der Waals surface area contributed by atoms with Gasteiger partial charge >= 0.3 is 0 Å². The largest absolute Gasteiger partial charge is 0.472 e. The first-order valence-corrected chi connectivity index (χ1v) is 4.97. The minimum atomic E-state index is -0.0145. The summed E-state index contributed by atoms with van der Waals surface area (Å²) in [6.07, 6.45) is 1.46. The lowest BCUT2D eigenvalue weighted by atomic mass is 10.4. The Morgan fingerprint density at radius 2 is 2.27 bits per heavy atom. The fourth-order valence-corrected chi connectivity index (χ4v) is 1.16. The molecule has 1 unspecified atom stereocenters. The predicted octanol–water partition coefficient (Wildman–Crippen LogP) is 1.32. The number of anilines is 1. The van der Waals surface area contributed by atoms with Crippen LogP contribution in [0.25, 0.3) is 0 Å². The summed E-state index contributed by atoms with van der Waals surface area (Å²) in [5.74, 6) is 1.33. The summed E-state index contributed by atoms with van der Waals surface area (Å²) in [5.41, 5.74) is 0. The standard InChI is InChI=1S/C10H17N3O2/c1-4-11-9-5-10(13-7-12-9)15-8(2)6-14-3/h5,7-8H,4,6H2,1-3H3,(H,11,12,13). The Bertz CT molecular complexity index is 294. The van der Waals surface area contributed by atoms with Crippen LogP contribution in [0.4, 0.5) is 5.82 Å². The van der Waals surface area contributed by atoms with Crippen LogP contribution < -0.4 is 10.1 Å². The first kappa shape index (κ1) is 11.7. The summed E-state index contributed by atoms with van der Waals surface area (Å²) in [6, 6.07) is 1.77. The Morgan fingerprint density at radius 1 is 1.47 bits per heavy atom. The van der Waals surface area contributed by atoms with Gasteiger partial charge in [-0.25, -0.2) is 9.97 Å². The minimum absolute atomic E-state index is 0.0145. The zero-order valence-corrected chi connectivity index (χ0v) is 9.36. The van der Waals surface area contributed by atoms with E-state index in [0.29, 0.717) is 12.5 Å².